The highest BCUT2D eigenvalue weighted by Gasteiger charge is 2.41. The van der Waals surface area contributed by atoms with Gasteiger partial charge in [0.05, 0.1) is 22.9 Å². The number of hydrogen-bond acceptors (Lipinski definition) is 5. The minimum Gasteiger partial charge on any atom is -0.454 e. The smallest absolute Gasteiger partial charge is 0.179 e. The number of pyridine rings is 1. The lowest BCUT2D eigenvalue weighted by atomic mass is 10.0. The molecule has 314 valence electrons. The van der Waals surface area contributed by atoms with Gasteiger partial charge in [0.1, 0.15) is 5.58 Å². The summed E-state index contributed by atoms with van der Waals surface area (Å²) in [6, 6.07) is 80.3. The first-order valence-electron chi connectivity index (χ1n) is 22.5. The Morgan fingerprint density at radius 1 is 0.373 bits per heavy atom. The van der Waals surface area contributed by atoms with Crippen LogP contribution in [0.25, 0.3) is 94.4 Å². The maximum Gasteiger partial charge on any atom is 0.179 e. The molecule has 7 heteroatoms. The van der Waals surface area contributed by atoms with E-state index >= 15 is 0 Å². The van der Waals surface area contributed by atoms with Crippen molar-refractivity contribution >= 4 is 83.3 Å². The predicted octanol–water partition coefficient (Wildman–Crippen LogP) is 11.8. The summed E-state index contributed by atoms with van der Waals surface area (Å²) >= 11 is 0. The van der Waals surface area contributed by atoms with Crippen molar-refractivity contribution in [3.8, 4) is 39.9 Å². The van der Waals surface area contributed by atoms with Crippen LogP contribution in [0.1, 0.15) is 0 Å². The van der Waals surface area contributed by atoms with Gasteiger partial charge in [-0.05, 0) is 62.5 Å². The molecular formula is C60H39N5OSi. The van der Waals surface area contributed by atoms with Crippen LogP contribution in [0, 0.1) is 0 Å². The molecule has 0 amide bonds. The van der Waals surface area contributed by atoms with Gasteiger partial charge in [0.25, 0.3) is 0 Å². The van der Waals surface area contributed by atoms with Crippen LogP contribution in [-0.2, 0) is 0 Å². The standard InChI is InChI=1S/C60H39N5OSi/c1-4-19-41(20-5-1)67(42-21-6-2-7-22-42,43-23-8-3-9-24-43)44-25-16-18-40(38-44)58-62-59(64-60(63-58)51-30-17-33-55-57(51)50-36-37-61-39-56(50)66-55)49-34-35-54(46-27-11-10-26-45(46)49)65-52-31-14-12-28-47(52)48-29-13-15-32-53(48)65/h1-39H. The number of nitrogens with zero attached hydrogens (tertiary/aromatic N) is 5. The Bertz CT molecular complexity index is 3850. The highest BCUT2D eigenvalue weighted by molar-refractivity contribution is 7.19. The summed E-state index contributed by atoms with van der Waals surface area (Å²) < 4.78 is 8.74. The minimum absolute atomic E-state index is 0.559. The first kappa shape index (κ1) is 38.7. The van der Waals surface area contributed by atoms with Crippen LogP contribution < -0.4 is 20.7 Å². The molecule has 0 N–H and O–H groups in total. The lowest BCUT2D eigenvalue weighted by Crippen LogP contribution is -2.74. The molecule has 9 aromatic carbocycles. The summed E-state index contributed by atoms with van der Waals surface area (Å²) in [5.74, 6) is 1.73. The lowest BCUT2D eigenvalue weighted by Gasteiger charge is -2.34. The lowest BCUT2D eigenvalue weighted by molar-refractivity contribution is 0.667. The Hall–Kier alpha value is -8.78. The van der Waals surface area contributed by atoms with Crippen molar-refractivity contribution in [2.24, 2.45) is 0 Å². The normalized spacial score (nSPS) is 11.9. The summed E-state index contributed by atoms with van der Waals surface area (Å²) in [6.45, 7) is 0. The van der Waals surface area contributed by atoms with E-state index in [0.717, 1.165) is 60.5 Å². The molecule has 13 aromatic rings. The van der Waals surface area contributed by atoms with Gasteiger partial charge in [-0.15, -0.1) is 0 Å². The second kappa shape index (κ2) is 15.7. The maximum atomic E-state index is 6.36. The van der Waals surface area contributed by atoms with Crippen LogP contribution in [0.2, 0.25) is 0 Å². The molecule has 0 spiro atoms. The van der Waals surface area contributed by atoms with Crippen molar-refractivity contribution in [3.63, 3.8) is 0 Å². The zero-order valence-electron chi connectivity index (χ0n) is 36.2. The summed E-state index contributed by atoms with van der Waals surface area (Å²) in [5.41, 5.74) is 7.53. The number of furan rings is 1. The molecule has 4 heterocycles. The number of fused-ring (bicyclic) bond motifs is 7. The van der Waals surface area contributed by atoms with Gasteiger partial charge in [0, 0.05) is 49.8 Å². The molecule has 67 heavy (non-hydrogen) atoms. The number of aromatic nitrogens is 5. The average Bonchev–Trinajstić information content (AvgIpc) is 3.96. The summed E-state index contributed by atoms with van der Waals surface area (Å²) in [4.78, 5) is 20.7. The first-order chi connectivity index (χ1) is 33.2. The third-order valence-electron chi connectivity index (χ3n) is 13.3. The molecule has 13 rings (SSSR count). The van der Waals surface area contributed by atoms with Crippen LogP contribution in [0.5, 0.6) is 0 Å². The van der Waals surface area contributed by atoms with Crippen LogP contribution in [-0.4, -0.2) is 32.6 Å². The van der Waals surface area contributed by atoms with Gasteiger partial charge in [-0.1, -0.05) is 188 Å². The second-order valence-corrected chi connectivity index (χ2v) is 20.7. The fourth-order valence-electron chi connectivity index (χ4n) is 10.4. The van der Waals surface area contributed by atoms with Gasteiger partial charge in [0.2, 0.25) is 0 Å². The van der Waals surface area contributed by atoms with Gasteiger partial charge in [-0.25, -0.2) is 15.0 Å². The van der Waals surface area contributed by atoms with E-state index in [1.165, 1.54) is 31.5 Å². The van der Waals surface area contributed by atoms with Crippen LogP contribution >= 0.6 is 0 Å². The Kier molecular flexibility index (Phi) is 9.08. The van der Waals surface area contributed by atoms with E-state index in [4.69, 9.17) is 19.4 Å². The van der Waals surface area contributed by atoms with Gasteiger partial charge in [0.15, 0.2) is 31.1 Å². The van der Waals surface area contributed by atoms with E-state index in [1.54, 1.807) is 12.4 Å². The molecule has 0 radical (unpaired) electrons. The zero-order chi connectivity index (χ0) is 44.3. The number of hydrogen-bond donors (Lipinski definition) is 0. The molecule has 6 nitrogen and oxygen atoms in total. The SMILES string of the molecule is c1ccc([Si](c2ccccc2)(c2ccccc2)c2cccc(-c3nc(-c4ccc(-n5c6ccccc6c6ccccc65)c5ccccc45)nc(-c4cccc5oc6cnccc6c45)n3)c2)cc1. The van der Waals surface area contributed by atoms with E-state index in [-0.39, 0.29) is 0 Å². The zero-order valence-corrected chi connectivity index (χ0v) is 37.2. The van der Waals surface area contributed by atoms with Gasteiger partial charge in [-0.2, -0.15) is 0 Å². The molecule has 4 aromatic heterocycles. The maximum absolute atomic E-state index is 6.36. The highest BCUT2D eigenvalue weighted by atomic mass is 28.3. The Morgan fingerprint density at radius 2 is 0.910 bits per heavy atom. The predicted molar refractivity (Wildman–Crippen MR) is 277 cm³/mol. The quantitative estimate of drug-likeness (QED) is 0.112. The molecule has 0 saturated carbocycles. The number of rotatable bonds is 8. The van der Waals surface area contributed by atoms with Crippen LogP contribution in [0.4, 0.5) is 0 Å². The molecule has 0 aliphatic heterocycles. The molecule has 0 atom stereocenters. The summed E-state index contributed by atoms with van der Waals surface area (Å²) in [5, 5.41) is 11.6. The van der Waals surface area contributed by atoms with E-state index in [0.29, 0.717) is 23.1 Å². The first-order valence-corrected chi connectivity index (χ1v) is 24.5. The van der Waals surface area contributed by atoms with Crippen molar-refractivity contribution in [1.82, 2.24) is 24.5 Å². The van der Waals surface area contributed by atoms with Crippen LogP contribution in [0.15, 0.2) is 241 Å². The van der Waals surface area contributed by atoms with Crippen molar-refractivity contribution in [2.45, 2.75) is 0 Å². The average molecular weight is 874 g/mol. The van der Waals surface area contributed by atoms with Crippen LogP contribution in [0.3, 0.4) is 0 Å². The molecule has 0 saturated heterocycles. The summed E-state index contributed by atoms with van der Waals surface area (Å²) in [6.07, 6.45) is 3.57. The minimum atomic E-state index is -2.88. The monoisotopic (exact) mass is 873 g/mol. The molecule has 0 aliphatic carbocycles. The Balaban J connectivity index is 1.07. The molecule has 0 aliphatic rings. The van der Waals surface area contributed by atoms with E-state index in [9.17, 15) is 0 Å². The van der Waals surface area contributed by atoms with Crippen molar-refractivity contribution in [2.75, 3.05) is 0 Å². The van der Waals surface area contributed by atoms with Gasteiger partial charge >= 0.3 is 0 Å². The fraction of sp³-hybridized carbons (Fsp3) is 0. The Morgan fingerprint density at radius 3 is 1.57 bits per heavy atom. The molecule has 0 bridgehead atoms. The number of para-hydroxylation sites is 2. The molecule has 0 fully saturated rings. The second-order valence-electron chi connectivity index (χ2n) is 16.9. The molecular weight excluding hydrogens is 835 g/mol. The summed E-state index contributed by atoms with van der Waals surface area (Å²) in [7, 11) is -2.88. The van der Waals surface area contributed by atoms with E-state index in [2.05, 4.69) is 216 Å². The third-order valence-corrected chi connectivity index (χ3v) is 18.1. The van der Waals surface area contributed by atoms with E-state index in [1.807, 2.05) is 18.2 Å². The van der Waals surface area contributed by atoms with Crippen molar-refractivity contribution < 1.29 is 4.42 Å². The fourth-order valence-corrected chi connectivity index (χ4v) is 15.2. The third kappa shape index (κ3) is 6.16. The number of benzene rings is 9. The topological polar surface area (TPSA) is 69.6 Å². The van der Waals surface area contributed by atoms with Gasteiger partial charge < -0.3 is 8.98 Å². The largest absolute Gasteiger partial charge is 0.454 e. The van der Waals surface area contributed by atoms with Crippen molar-refractivity contribution in [3.05, 3.63) is 237 Å². The van der Waals surface area contributed by atoms with Crippen molar-refractivity contribution in [1.29, 1.82) is 0 Å². The van der Waals surface area contributed by atoms with Gasteiger partial charge in [-0.3, -0.25) is 4.98 Å². The van der Waals surface area contributed by atoms with E-state index < -0.39 is 8.07 Å². The Labute approximate surface area is 387 Å². The highest BCUT2D eigenvalue weighted by Crippen LogP contribution is 2.40. The molecule has 0 unspecified atom stereocenters.